The molecule has 1 aliphatic heterocycles. The van der Waals surface area contributed by atoms with Gasteiger partial charge in [-0.2, -0.15) is 0 Å². The van der Waals surface area contributed by atoms with E-state index in [0.29, 0.717) is 6.54 Å². The average molecular weight is 267 g/mol. The minimum absolute atomic E-state index is 0.191. The smallest absolute Gasteiger partial charge is 0.410 e. The van der Waals surface area contributed by atoms with Gasteiger partial charge in [0.2, 0.25) is 0 Å². The molecular weight excluding hydrogens is 250 g/mol. The van der Waals surface area contributed by atoms with Crippen LogP contribution in [-0.2, 0) is 4.74 Å². The average Bonchev–Trinajstić information content (AvgIpc) is 2.79. The van der Waals surface area contributed by atoms with Gasteiger partial charge in [-0.3, -0.25) is 0 Å². The summed E-state index contributed by atoms with van der Waals surface area (Å²) in [5, 5.41) is 0. The summed E-state index contributed by atoms with van der Waals surface area (Å²) >= 11 is 0. The highest BCUT2D eigenvalue weighted by molar-refractivity contribution is 5.73. The molecule has 0 radical (unpaired) electrons. The van der Waals surface area contributed by atoms with E-state index in [1.165, 1.54) is 5.56 Å². The SMILES string of the molecule is Cc1cccc(-c2ccccc2C2CN(C)C(=O)O2)c1. The molecule has 0 bridgehead atoms. The number of ether oxygens (including phenoxy) is 1. The molecule has 1 aliphatic rings. The molecule has 2 aromatic rings. The summed E-state index contributed by atoms with van der Waals surface area (Å²) in [5.74, 6) is 0. The second kappa shape index (κ2) is 5.00. The standard InChI is InChI=1S/C17H17NO2/c1-12-6-5-7-13(10-12)14-8-3-4-9-15(14)16-11-18(2)17(19)20-16/h3-10,16H,11H2,1-2H3. The number of hydrogen-bond donors (Lipinski definition) is 0. The molecule has 1 amide bonds. The summed E-state index contributed by atoms with van der Waals surface area (Å²) in [7, 11) is 1.76. The van der Waals surface area contributed by atoms with E-state index in [1.54, 1.807) is 11.9 Å². The van der Waals surface area contributed by atoms with Gasteiger partial charge >= 0.3 is 6.09 Å². The monoisotopic (exact) mass is 267 g/mol. The third-order valence-corrected chi connectivity index (χ3v) is 3.63. The van der Waals surface area contributed by atoms with Gasteiger partial charge in [-0.05, 0) is 18.1 Å². The molecule has 3 heteroatoms. The number of hydrogen-bond acceptors (Lipinski definition) is 2. The van der Waals surface area contributed by atoms with Crippen LogP contribution in [0.2, 0.25) is 0 Å². The summed E-state index contributed by atoms with van der Waals surface area (Å²) in [6.45, 7) is 2.68. The normalized spacial score (nSPS) is 18.2. The van der Waals surface area contributed by atoms with Gasteiger partial charge in [0.25, 0.3) is 0 Å². The minimum atomic E-state index is -0.256. The number of carbonyl (C=O) groups excluding carboxylic acids is 1. The predicted molar refractivity (Wildman–Crippen MR) is 78.5 cm³/mol. The first-order valence-electron chi connectivity index (χ1n) is 6.73. The van der Waals surface area contributed by atoms with Gasteiger partial charge in [0.05, 0.1) is 6.54 Å². The fraction of sp³-hybridized carbons (Fsp3) is 0.235. The molecule has 1 saturated heterocycles. The van der Waals surface area contributed by atoms with Crippen LogP contribution in [0.5, 0.6) is 0 Å². The summed E-state index contributed by atoms with van der Waals surface area (Å²) in [5.41, 5.74) is 4.57. The van der Waals surface area contributed by atoms with Crippen molar-refractivity contribution < 1.29 is 9.53 Å². The molecule has 0 aliphatic carbocycles. The highest BCUT2D eigenvalue weighted by Crippen LogP contribution is 2.33. The van der Waals surface area contributed by atoms with E-state index in [2.05, 4.69) is 31.2 Å². The fourth-order valence-electron chi connectivity index (χ4n) is 2.59. The first-order chi connectivity index (χ1) is 9.65. The van der Waals surface area contributed by atoms with Crippen molar-refractivity contribution in [2.45, 2.75) is 13.0 Å². The zero-order valence-electron chi connectivity index (χ0n) is 11.7. The van der Waals surface area contributed by atoms with Gasteiger partial charge in [-0.15, -0.1) is 0 Å². The highest BCUT2D eigenvalue weighted by atomic mass is 16.6. The van der Waals surface area contributed by atoms with Crippen LogP contribution in [0.15, 0.2) is 48.5 Å². The van der Waals surface area contributed by atoms with E-state index < -0.39 is 0 Å². The number of rotatable bonds is 2. The van der Waals surface area contributed by atoms with Crippen molar-refractivity contribution in [3.63, 3.8) is 0 Å². The Bertz CT molecular complexity index is 651. The van der Waals surface area contributed by atoms with Crippen molar-refractivity contribution in [2.24, 2.45) is 0 Å². The molecule has 1 fully saturated rings. The lowest BCUT2D eigenvalue weighted by Crippen LogP contribution is -2.17. The van der Waals surface area contributed by atoms with Crippen molar-refractivity contribution in [3.05, 3.63) is 59.7 Å². The van der Waals surface area contributed by atoms with Crippen LogP contribution in [0.25, 0.3) is 11.1 Å². The maximum Gasteiger partial charge on any atom is 0.410 e. The molecule has 0 N–H and O–H groups in total. The number of aryl methyl sites for hydroxylation is 1. The van der Waals surface area contributed by atoms with E-state index in [0.717, 1.165) is 16.7 Å². The van der Waals surface area contributed by atoms with Gasteiger partial charge in [0.15, 0.2) is 0 Å². The summed E-state index contributed by atoms with van der Waals surface area (Å²) in [6, 6.07) is 16.5. The third-order valence-electron chi connectivity index (χ3n) is 3.63. The minimum Gasteiger partial charge on any atom is -0.439 e. The molecule has 1 atom stereocenters. The number of carbonyl (C=O) groups is 1. The van der Waals surface area contributed by atoms with Crippen LogP contribution in [0.1, 0.15) is 17.2 Å². The van der Waals surface area contributed by atoms with E-state index in [4.69, 9.17) is 4.74 Å². The van der Waals surface area contributed by atoms with Crippen LogP contribution < -0.4 is 0 Å². The van der Waals surface area contributed by atoms with Crippen molar-refractivity contribution in [1.82, 2.24) is 4.90 Å². The molecule has 1 unspecified atom stereocenters. The summed E-state index contributed by atoms with van der Waals surface area (Å²) in [6.07, 6.45) is -0.446. The van der Waals surface area contributed by atoms with Crippen molar-refractivity contribution in [3.8, 4) is 11.1 Å². The van der Waals surface area contributed by atoms with E-state index >= 15 is 0 Å². The number of benzene rings is 2. The molecule has 102 valence electrons. The first kappa shape index (κ1) is 12.7. The van der Waals surface area contributed by atoms with Crippen molar-refractivity contribution in [1.29, 1.82) is 0 Å². The Labute approximate surface area is 118 Å². The third kappa shape index (κ3) is 2.27. The van der Waals surface area contributed by atoms with Crippen LogP contribution in [-0.4, -0.2) is 24.6 Å². The first-order valence-corrected chi connectivity index (χ1v) is 6.73. The quantitative estimate of drug-likeness (QED) is 0.828. The molecule has 0 aromatic heterocycles. The summed E-state index contributed by atoms with van der Waals surface area (Å²) < 4.78 is 5.44. The number of nitrogens with zero attached hydrogens (tertiary/aromatic N) is 1. The molecule has 0 spiro atoms. The molecule has 0 saturated carbocycles. The predicted octanol–water partition coefficient (Wildman–Crippen LogP) is 3.79. The van der Waals surface area contributed by atoms with Gasteiger partial charge in [0.1, 0.15) is 6.10 Å². The van der Waals surface area contributed by atoms with Gasteiger partial charge in [-0.25, -0.2) is 4.79 Å². The van der Waals surface area contributed by atoms with Crippen molar-refractivity contribution >= 4 is 6.09 Å². The lowest BCUT2D eigenvalue weighted by molar-refractivity contribution is 0.135. The summed E-state index contributed by atoms with van der Waals surface area (Å²) in [4.78, 5) is 13.2. The molecule has 2 aromatic carbocycles. The van der Waals surface area contributed by atoms with E-state index in [-0.39, 0.29) is 12.2 Å². The molecule has 3 nitrogen and oxygen atoms in total. The van der Waals surface area contributed by atoms with Crippen LogP contribution in [0.3, 0.4) is 0 Å². The maximum absolute atomic E-state index is 11.6. The van der Waals surface area contributed by atoms with Crippen LogP contribution in [0.4, 0.5) is 4.79 Å². The number of amides is 1. The zero-order valence-corrected chi connectivity index (χ0v) is 11.7. The topological polar surface area (TPSA) is 29.5 Å². The molecule has 1 heterocycles. The molecule has 3 rings (SSSR count). The Morgan fingerprint density at radius 1 is 1.15 bits per heavy atom. The molecular formula is C17H17NO2. The van der Waals surface area contributed by atoms with E-state index in [9.17, 15) is 4.79 Å². The Morgan fingerprint density at radius 2 is 1.95 bits per heavy atom. The van der Waals surface area contributed by atoms with E-state index in [1.807, 2.05) is 24.3 Å². The Morgan fingerprint density at radius 3 is 2.65 bits per heavy atom. The Kier molecular flexibility index (Phi) is 3.18. The maximum atomic E-state index is 11.6. The van der Waals surface area contributed by atoms with Gasteiger partial charge in [0, 0.05) is 12.6 Å². The lowest BCUT2D eigenvalue weighted by atomic mass is 9.95. The van der Waals surface area contributed by atoms with Crippen molar-refractivity contribution in [2.75, 3.05) is 13.6 Å². The second-order valence-corrected chi connectivity index (χ2v) is 5.21. The van der Waals surface area contributed by atoms with Gasteiger partial charge < -0.3 is 9.64 Å². The highest BCUT2D eigenvalue weighted by Gasteiger charge is 2.30. The molecule has 20 heavy (non-hydrogen) atoms. The van der Waals surface area contributed by atoms with Crippen LogP contribution in [0, 0.1) is 6.92 Å². The number of likely N-dealkylation sites (N-methyl/N-ethyl adjacent to an activating group) is 1. The van der Waals surface area contributed by atoms with Gasteiger partial charge in [-0.1, -0.05) is 54.1 Å². The number of cyclic esters (lactones) is 1. The lowest BCUT2D eigenvalue weighted by Gasteiger charge is -2.14. The van der Waals surface area contributed by atoms with Crippen LogP contribution >= 0.6 is 0 Å². The zero-order chi connectivity index (χ0) is 14.1. The Hall–Kier alpha value is -2.29. The fourth-order valence-corrected chi connectivity index (χ4v) is 2.59. The second-order valence-electron chi connectivity index (χ2n) is 5.21. The largest absolute Gasteiger partial charge is 0.439 e. The Balaban J connectivity index is 2.03.